The highest BCUT2D eigenvalue weighted by Gasteiger charge is 2.39. The van der Waals surface area contributed by atoms with E-state index in [1.54, 1.807) is 4.90 Å². The molecule has 11 nitrogen and oxygen atoms in total. The van der Waals surface area contributed by atoms with Crippen LogP contribution in [0.2, 0.25) is 0 Å². The van der Waals surface area contributed by atoms with Crippen LogP contribution in [0.4, 0.5) is 5.69 Å². The Morgan fingerprint density at radius 1 is 0.780 bits per heavy atom. The summed E-state index contributed by atoms with van der Waals surface area (Å²) in [5, 5.41) is 11.5. The Kier molecular flexibility index (Phi) is 12.8. The zero-order valence-corrected chi connectivity index (χ0v) is 33.9. The quantitative estimate of drug-likeness (QED) is 0.0953. The number of carbonyl (C=O) groups excluding carboxylic acids is 3. The summed E-state index contributed by atoms with van der Waals surface area (Å²) in [5.74, 6) is 1.33. The van der Waals surface area contributed by atoms with Gasteiger partial charge < -0.3 is 29.1 Å². The number of ether oxygens (including phenoxy) is 1. The molecule has 2 N–H and O–H groups in total. The van der Waals surface area contributed by atoms with Crippen LogP contribution in [0.1, 0.15) is 71.6 Å². The molecule has 4 aliphatic rings. The van der Waals surface area contributed by atoms with Crippen molar-refractivity contribution in [2.45, 2.75) is 51.6 Å². The average Bonchev–Trinajstić information content (AvgIpc) is 3.59. The van der Waals surface area contributed by atoms with E-state index in [2.05, 4.69) is 81.5 Å². The molecule has 0 aromatic heterocycles. The Morgan fingerprint density at radius 2 is 1.46 bits per heavy atom. The number of piperidine rings is 2. The summed E-state index contributed by atoms with van der Waals surface area (Å²) >= 11 is 0. The number of hydrogen-bond acceptors (Lipinski definition) is 9. The second-order valence-corrected chi connectivity index (χ2v) is 16.0. The molecule has 3 amide bonds. The Hall–Kier alpha value is -5.43. The summed E-state index contributed by atoms with van der Waals surface area (Å²) in [7, 11) is 0.700. The zero-order valence-electron chi connectivity index (χ0n) is 33.9. The Balaban J connectivity index is 0.783. The molecule has 305 valence electrons. The normalized spacial score (nSPS) is 19.6. The van der Waals surface area contributed by atoms with Crippen molar-refractivity contribution in [2.24, 2.45) is 5.92 Å². The number of carbonyl (C=O) groups is 3. The highest BCUT2D eigenvalue weighted by molar-refractivity contribution is 6.17. The van der Waals surface area contributed by atoms with Crippen molar-refractivity contribution in [1.29, 1.82) is 0 Å². The topological polar surface area (TPSA) is 115 Å². The lowest BCUT2D eigenvalue weighted by atomic mass is 9.88. The molecular formula is C47H53BN5O6. The van der Waals surface area contributed by atoms with Crippen molar-refractivity contribution in [1.82, 2.24) is 20.0 Å². The van der Waals surface area contributed by atoms with E-state index in [0.717, 1.165) is 105 Å². The molecule has 0 spiro atoms. The van der Waals surface area contributed by atoms with E-state index in [0.29, 0.717) is 44.5 Å². The van der Waals surface area contributed by atoms with Crippen LogP contribution in [0, 0.1) is 5.92 Å². The van der Waals surface area contributed by atoms with Gasteiger partial charge in [0.25, 0.3) is 5.91 Å². The third-order valence-electron chi connectivity index (χ3n) is 12.4. The number of imide groups is 1. The maximum atomic E-state index is 13.1. The lowest BCUT2D eigenvalue weighted by Crippen LogP contribution is -2.52. The van der Waals surface area contributed by atoms with E-state index in [-0.39, 0.29) is 24.1 Å². The van der Waals surface area contributed by atoms with Crippen LogP contribution in [-0.4, -0.2) is 110 Å². The minimum atomic E-state index is -0.589. The van der Waals surface area contributed by atoms with Crippen LogP contribution in [0.3, 0.4) is 0 Å². The smallest absolute Gasteiger partial charge is 0.537 e. The molecule has 4 aromatic rings. The molecule has 3 fully saturated rings. The fraction of sp³-hybridized carbons (Fsp3) is 0.383. The fourth-order valence-electron chi connectivity index (χ4n) is 9.14. The largest absolute Gasteiger partial charge is 0.569 e. The minimum absolute atomic E-state index is 0.125. The molecular weight excluding hydrogens is 741 g/mol. The molecule has 4 aromatic carbocycles. The van der Waals surface area contributed by atoms with E-state index >= 15 is 0 Å². The van der Waals surface area contributed by atoms with Crippen LogP contribution >= 0.6 is 0 Å². The predicted molar refractivity (Wildman–Crippen MR) is 230 cm³/mol. The van der Waals surface area contributed by atoms with Gasteiger partial charge in [-0.25, -0.2) is 0 Å². The average molecular weight is 795 g/mol. The number of hydrogen-bond donors (Lipinski definition) is 2. The number of fused-ring (bicyclic) bond motifs is 1. The number of piperazine rings is 1. The standard InChI is InChI=1S/C47H53BN5O6/c1-2-41(34-6-4-3-5-7-34)45(36-10-15-40(16-11-36)59-48-57)35-8-13-39(14-9-35)58-29-28-50-24-26-51(27-25-50)31-33-20-22-52(23-21-33)38-12-17-42-37(30-38)32-53(47(42)56)43-18-19-44(54)49-46(43)55/h3-17,30,33,43,57H,2,18-29,31-32H2,1H3,(H,49,54,55)/b45-41+. The Morgan fingerprint density at radius 3 is 2.12 bits per heavy atom. The van der Waals surface area contributed by atoms with E-state index in [1.165, 1.54) is 11.1 Å². The van der Waals surface area contributed by atoms with E-state index in [4.69, 9.17) is 14.4 Å². The van der Waals surface area contributed by atoms with Gasteiger partial charge in [-0.15, -0.1) is 0 Å². The number of rotatable bonds is 14. The molecule has 0 bridgehead atoms. The van der Waals surface area contributed by atoms with E-state index < -0.39 is 6.04 Å². The first kappa shape index (κ1) is 40.4. The number of anilines is 1. The molecule has 0 saturated carbocycles. The van der Waals surface area contributed by atoms with Crippen molar-refractivity contribution in [2.75, 3.05) is 63.9 Å². The van der Waals surface area contributed by atoms with Crippen LogP contribution in [0.5, 0.6) is 11.5 Å². The minimum Gasteiger partial charge on any atom is -0.537 e. The van der Waals surface area contributed by atoms with Crippen molar-refractivity contribution >= 4 is 42.2 Å². The molecule has 8 rings (SSSR count). The fourth-order valence-corrected chi connectivity index (χ4v) is 9.14. The monoisotopic (exact) mass is 794 g/mol. The third-order valence-corrected chi connectivity index (χ3v) is 12.4. The van der Waals surface area contributed by atoms with Crippen LogP contribution < -0.4 is 19.6 Å². The van der Waals surface area contributed by atoms with Crippen molar-refractivity contribution in [3.8, 4) is 11.5 Å². The van der Waals surface area contributed by atoms with Crippen LogP contribution in [0.15, 0.2) is 97.1 Å². The second-order valence-electron chi connectivity index (χ2n) is 16.0. The van der Waals surface area contributed by atoms with Gasteiger partial charge in [-0.05, 0) is 107 Å². The molecule has 1 atom stereocenters. The number of nitrogens with zero attached hydrogens (tertiary/aromatic N) is 4. The molecule has 4 heterocycles. The highest BCUT2D eigenvalue weighted by Crippen LogP contribution is 2.36. The molecule has 59 heavy (non-hydrogen) atoms. The van der Waals surface area contributed by atoms with Gasteiger partial charge in [-0.2, -0.15) is 0 Å². The molecule has 1 radical (unpaired) electrons. The molecule has 1 unspecified atom stereocenters. The first-order valence-corrected chi connectivity index (χ1v) is 21.1. The summed E-state index contributed by atoms with van der Waals surface area (Å²) in [6.45, 7) is 11.5. The van der Waals surface area contributed by atoms with Crippen molar-refractivity contribution in [3.63, 3.8) is 0 Å². The second kappa shape index (κ2) is 18.7. The SMILES string of the molecule is CC/C(=C(\c1ccc(O[B]O)cc1)c1ccc(OCCN2CCN(CC3CCN(c4ccc5c(c4)CN(C4CCC(=O)NC4=O)C5=O)CC3)CC2)cc1)c1ccccc1. The molecule has 3 saturated heterocycles. The van der Waals surface area contributed by atoms with Crippen LogP contribution in [-0.2, 0) is 16.1 Å². The number of amides is 3. The summed E-state index contributed by atoms with van der Waals surface area (Å²) in [6, 6.07) is 32.2. The van der Waals surface area contributed by atoms with Gasteiger partial charge in [0.2, 0.25) is 11.8 Å². The van der Waals surface area contributed by atoms with E-state index in [1.807, 2.05) is 42.5 Å². The van der Waals surface area contributed by atoms with Gasteiger partial charge in [0.05, 0.1) is 0 Å². The molecule has 12 heteroatoms. The van der Waals surface area contributed by atoms with Crippen molar-refractivity contribution in [3.05, 3.63) is 125 Å². The summed E-state index contributed by atoms with van der Waals surface area (Å²) in [4.78, 5) is 46.4. The maximum Gasteiger partial charge on any atom is 0.569 e. The highest BCUT2D eigenvalue weighted by atomic mass is 16.5. The number of allylic oxidation sites excluding steroid dienone is 1. The Labute approximate surface area is 347 Å². The molecule has 4 aliphatic heterocycles. The Bertz CT molecular complexity index is 2130. The lowest BCUT2D eigenvalue weighted by molar-refractivity contribution is -0.136. The first-order valence-electron chi connectivity index (χ1n) is 21.1. The lowest BCUT2D eigenvalue weighted by Gasteiger charge is -2.39. The maximum absolute atomic E-state index is 13.1. The van der Waals surface area contributed by atoms with Gasteiger partial charge in [0.15, 0.2) is 0 Å². The van der Waals surface area contributed by atoms with Gasteiger partial charge in [-0.1, -0.05) is 61.5 Å². The number of nitrogens with one attached hydrogen (secondary N) is 1. The zero-order chi connectivity index (χ0) is 40.7. The molecule has 0 aliphatic carbocycles. The number of benzene rings is 4. The van der Waals surface area contributed by atoms with Crippen molar-refractivity contribution < 1.29 is 28.8 Å². The summed E-state index contributed by atoms with van der Waals surface area (Å²) in [6.07, 6.45) is 3.78. The van der Waals surface area contributed by atoms with E-state index in [9.17, 15) is 14.4 Å². The summed E-state index contributed by atoms with van der Waals surface area (Å²) in [5.41, 5.74) is 8.55. The van der Waals surface area contributed by atoms with Gasteiger partial charge >= 0.3 is 7.69 Å². The van der Waals surface area contributed by atoms with Gasteiger partial charge in [-0.3, -0.25) is 24.6 Å². The summed E-state index contributed by atoms with van der Waals surface area (Å²) < 4.78 is 11.4. The van der Waals surface area contributed by atoms with Gasteiger partial charge in [0, 0.05) is 76.6 Å². The van der Waals surface area contributed by atoms with Gasteiger partial charge in [0.1, 0.15) is 24.1 Å². The third kappa shape index (κ3) is 9.41. The predicted octanol–water partition coefficient (Wildman–Crippen LogP) is 5.64. The van der Waals surface area contributed by atoms with Crippen LogP contribution in [0.25, 0.3) is 11.1 Å². The first-order chi connectivity index (χ1) is 28.9.